The Morgan fingerprint density at radius 1 is 1.14 bits per heavy atom. The highest BCUT2D eigenvalue weighted by molar-refractivity contribution is 7.18. The topological polar surface area (TPSA) is 81.9 Å². The minimum atomic E-state index is -0.316. The molecule has 8 heteroatoms. The smallest absolute Gasteiger partial charge is 0.262 e. The molecule has 1 unspecified atom stereocenters. The highest BCUT2D eigenvalue weighted by Gasteiger charge is 2.18. The molecule has 0 spiro atoms. The van der Waals surface area contributed by atoms with E-state index in [1.807, 2.05) is 49.4 Å². The van der Waals surface area contributed by atoms with Gasteiger partial charge in [-0.2, -0.15) is 0 Å². The number of nitrogens with one attached hydrogen (secondary N) is 1. The molecule has 7 nitrogen and oxygen atoms in total. The number of rotatable bonds is 3. The number of nitrogens with zero attached hydrogens (tertiary/aromatic N) is 2. The van der Waals surface area contributed by atoms with Crippen LogP contribution >= 0.6 is 11.3 Å². The summed E-state index contributed by atoms with van der Waals surface area (Å²) in [4.78, 5) is 30.7. The Hall–Kier alpha value is -3.39. The van der Waals surface area contributed by atoms with E-state index in [9.17, 15) is 9.59 Å². The van der Waals surface area contributed by atoms with Crippen molar-refractivity contribution in [2.24, 2.45) is 0 Å². The molecule has 1 amide bonds. The number of imidazole rings is 1. The van der Waals surface area contributed by atoms with Crippen molar-refractivity contribution in [3.8, 4) is 11.5 Å². The van der Waals surface area contributed by atoms with Gasteiger partial charge in [-0.1, -0.05) is 29.5 Å². The van der Waals surface area contributed by atoms with Gasteiger partial charge in [0.25, 0.3) is 11.5 Å². The van der Waals surface area contributed by atoms with E-state index in [2.05, 4.69) is 10.3 Å². The molecule has 3 heterocycles. The maximum Gasteiger partial charge on any atom is 0.262 e. The van der Waals surface area contributed by atoms with E-state index in [1.54, 1.807) is 0 Å². The van der Waals surface area contributed by atoms with Crippen LogP contribution in [-0.4, -0.2) is 28.5 Å². The maximum absolute atomic E-state index is 12.8. The lowest BCUT2D eigenvalue weighted by molar-refractivity contribution is 0.0943. The Bertz CT molecular complexity index is 1310. The standard InChI is InChI=1S/C21H17N3O4S/c1-12(13-6-7-16-17(10-13)28-9-8-27-16)22-20(26)18-11-19(25)24-15-5-3-2-4-14(15)23-21(24)29-18/h2-7,10-12H,8-9H2,1H3,(H,22,26). The molecule has 2 aromatic carbocycles. The van der Waals surface area contributed by atoms with Gasteiger partial charge in [-0.05, 0) is 36.8 Å². The van der Waals surface area contributed by atoms with Crippen LogP contribution in [0.1, 0.15) is 28.2 Å². The summed E-state index contributed by atoms with van der Waals surface area (Å²) in [6, 6.07) is 14.1. The lowest BCUT2D eigenvalue weighted by Gasteiger charge is -2.21. The van der Waals surface area contributed by atoms with Crippen molar-refractivity contribution < 1.29 is 14.3 Å². The van der Waals surface area contributed by atoms with Crippen LogP contribution in [-0.2, 0) is 0 Å². The minimum Gasteiger partial charge on any atom is -0.486 e. The summed E-state index contributed by atoms with van der Waals surface area (Å²) in [5.74, 6) is 1.06. The number of carbonyl (C=O) groups is 1. The second kappa shape index (κ2) is 6.89. The van der Waals surface area contributed by atoms with Gasteiger partial charge >= 0.3 is 0 Å². The second-order valence-corrected chi connectivity index (χ2v) is 7.77. The van der Waals surface area contributed by atoms with Crippen LogP contribution in [0.15, 0.2) is 53.3 Å². The number of hydrogen-bond acceptors (Lipinski definition) is 6. The van der Waals surface area contributed by atoms with E-state index in [-0.39, 0.29) is 17.5 Å². The first kappa shape index (κ1) is 17.7. The quantitative estimate of drug-likeness (QED) is 0.564. The van der Waals surface area contributed by atoms with Gasteiger partial charge in [0, 0.05) is 6.07 Å². The molecule has 0 aliphatic carbocycles. The Morgan fingerprint density at radius 2 is 1.93 bits per heavy atom. The van der Waals surface area contributed by atoms with Crippen LogP contribution < -0.4 is 20.3 Å². The van der Waals surface area contributed by atoms with Gasteiger partial charge in [-0.15, -0.1) is 0 Å². The molecule has 1 aliphatic heterocycles. The molecule has 29 heavy (non-hydrogen) atoms. The average Bonchev–Trinajstić information content (AvgIpc) is 3.12. The zero-order valence-electron chi connectivity index (χ0n) is 15.5. The summed E-state index contributed by atoms with van der Waals surface area (Å²) in [5.41, 5.74) is 2.08. The largest absolute Gasteiger partial charge is 0.486 e. The van der Waals surface area contributed by atoms with Gasteiger partial charge in [0.15, 0.2) is 16.5 Å². The van der Waals surface area contributed by atoms with E-state index in [4.69, 9.17) is 9.47 Å². The molecule has 146 valence electrons. The van der Waals surface area contributed by atoms with Gasteiger partial charge in [0.2, 0.25) is 0 Å². The number of fused-ring (bicyclic) bond motifs is 4. The molecule has 2 aromatic heterocycles. The zero-order valence-corrected chi connectivity index (χ0v) is 16.4. The molecule has 5 rings (SSSR count). The fraction of sp³-hybridized carbons (Fsp3) is 0.190. The predicted molar refractivity (Wildman–Crippen MR) is 110 cm³/mol. The Morgan fingerprint density at radius 3 is 2.79 bits per heavy atom. The molecule has 4 aromatic rings. The van der Waals surface area contributed by atoms with Crippen LogP contribution in [0.4, 0.5) is 0 Å². The molecule has 0 fully saturated rings. The molecule has 1 atom stereocenters. The van der Waals surface area contributed by atoms with E-state index in [1.165, 1.54) is 21.8 Å². The Labute approximate surface area is 169 Å². The average molecular weight is 407 g/mol. The third kappa shape index (κ3) is 3.11. The normalized spacial score (nSPS) is 14.1. The number of hydrogen-bond donors (Lipinski definition) is 1. The van der Waals surface area contributed by atoms with Crippen molar-refractivity contribution in [1.82, 2.24) is 14.7 Å². The zero-order chi connectivity index (χ0) is 20.0. The number of aromatic nitrogens is 2. The molecular weight excluding hydrogens is 390 g/mol. The Balaban J connectivity index is 1.44. The summed E-state index contributed by atoms with van der Waals surface area (Å²) < 4.78 is 12.7. The minimum absolute atomic E-state index is 0.268. The molecular formula is C21H17N3O4S. The van der Waals surface area contributed by atoms with Gasteiger partial charge in [0.1, 0.15) is 18.1 Å². The molecule has 0 saturated carbocycles. The van der Waals surface area contributed by atoms with E-state index in [0.717, 1.165) is 16.6 Å². The monoisotopic (exact) mass is 407 g/mol. The van der Waals surface area contributed by atoms with Crippen LogP contribution in [0.2, 0.25) is 0 Å². The van der Waals surface area contributed by atoms with E-state index in [0.29, 0.717) is 34.6 Å². The fourth-order valence-corrected chi connectivity index (χ4v) is 4.31. The lowest BCUT2D eigenvalue weighted by Crippen LogP contribution is -2.27. The fourth-order valence-electron chi connectivity index (χ4n) is 3.38. The van der Waals surface area contributed by atoms with Gasteiger partial charge in [0.05, 0.1) is 17.1 Å². The third-order valence-corrected chi connectivity index (χ3v) is 5.82. The number of benzene rings is 2. The third-order valence-electron chi connectivity index (χ3n) is 4.84. The van der Waals surface area contributed by atoms with Crippen LogP contribution in [0.3, 0.4) is 0 Å². The van der Waals surface area contributed by atoms with E-state index < -0.39 is 0 Å². The number of amides is 1. The van der Waals surface area contributed by atoms with Crippen molar-refractivity contribution in [3.05, 3.63) is 69.3 Å². The molecule has 0 bridgehead atoms. The van der Waals surface area contributed by atoms with Gasteiger partial charge in [-0.3, -0.25) is 14.0 Å². The molecule has 0 saturated heterocycles. The molecule has 0 radical (unpaired) electrons. The first-order chi connectivity index (χ1) is 14.1. The van der Waals surface area contributed by atoms with Gasteiger partial charge < -0.3 is 14.8 Å². The summed E-state index contributed by atoms with van der Waals surface area (Å²) in [6.07, 6.45) is 0. The molecule has 1 N–H and O–H groups in total. The van der Waals surface area contributed by atoms with Crippen molar-refractivity contribution in [2.45, 2.75) is 13.0 Å². The number of ether oxygens (including phenoxy) is 2. The Kier molecular flexibility index (Phi) is 4.21. The first-order valence-electron chi connectivity index (χ1n) is 9.22. The van der Waals surface area contributed by atoms with E-state index >= 15 is 0 Å². The summed E-state index contributed by atoms with van der Waals surface area (Å²) in [5, 5.41) is 2.94. The van der Waals surface area contributed by atoms with Crippen LogP contribution in [0.25, 0.3) is 16.0 Å². The highest BCUT2D eigenvalue weighted by atomic mass is 32.1. The first-order valence-corrected chi connectivity index (χ1v) is 10.0. The van der Waals surface area contributed by atoms with Gasteiger partial charge in [-0.25, -0.2) is 4.98 Å². The highest BCUT2D eigenvalue weighted by Crippen LogP contribution is 2.32. The number of carbonyl (C=O) groups excluding carboxylic acids is 1. The van der Waals surface area contributed by atoms with Crippen molar-refractivity contribution in [3.63, 3.8) is 0 Å². The summed E-state index contributed by atoms with van der Waals surface area (Å²) in [6.45, 7) is 2.92. The lowest BCUT2D eigenvalue weighted by atomic mass is 10.1. The second-order valence-electron chi connectivity index (χ2n) is 6.77. The van der Waals surface area contributed by atoms with Crippen LogP contribution in [0.5, 0.6) is 11.5 Å². The number of para-hydroxylation sites is 2. The molecule has 1 aliphatic rings. The predicted octanol–water partition coefficient (Wildman–Crippen LogP) is 3.17. The van der Waals surface area contributed by atoms with Crippen molar-refractivity contribution in [1.29, 1.82) is 0 Å². The van der Waals surface area contributed by atoms with Crippen LogP contribution in [0, 0.1) is 0 Å². The summed E-state index contributed by atoms with van der Waals surface area (Å²) in [7, 11) is 0. The SMILES string of the molecule is CC(NC(=O)c1cc(=O)n2c(nc3ccccc32)s1)c1ccc2c(c1)OCCO2. The maximum atomic E-state index is 12.8. The summed E-state index contributed by atoms with van der Waals surface area (Å²) >= 11 is 1.19. The van der Waals surface area contributed by atoms with Crippen molar-refractivity contribution in [2.75, 3.05) is 13.2 Å². The van der Waals surface area contributed by atoms with Crippen molar-refractivity contribution >= 4 is 33.2 Å².